The molecule has 0 aliphatic carbocycles. The van der Waals surface area contributed by atoms with Gasteiger partial charge in [-0.2, -0.15) is 4.98 Å². The highest BCUT2D eigenvalue weighted by Crippen LogP contribution is 2.51. The lowest BCUT2D eigenvalue weighted by molar-refractivity contribution is -0.175. The number of ether oxygens (including phenoxy) is 5. The zero-order chi connectivity index (χ0) is 35.9. The second kappa shape index (κ2) is 13.2. The molecule has 0 unspecified atom stereocenters. The van der Waals surface area contributed by atoms with Crippen LogP contribution in [-0.2, 0) is 24.6 Å². The zero-order valence-corrected chi connectivity index (χ0v) is 28.7. The number of aromatic nitrogens is 4. The summed E-state index contributed by atoms with van der Waals surface area (Å²) in [5, 5.41) is 4.16. The van der Waals surface area contributed by atoms with Crippen LogP contribution in [0.5, 0.6) is 11.5 Å². The number of methoxy groups -OCH3 is 2. The monoisotopic (exact) mass is 695 g/mol. The van der Waals surface area contributed by atoms with E-state index < -0.39 is 46.8 Å². The smallest absolute Gasteiger partial charge is 0.330 e. The van der Waals surface area contributed by atoms with Gasteiger partial charge in [-0.15, -0.1) is 0 Å². The average Bonchev–Trinajstić information content (AvgIpc) is 3.80. The number of aryl methyl sites for hydroxylation is 2. The van der Waals surface area contributed by atoms with Gasteiger partial charge in [-0.1, -0.05) is 54.6 Å². The maximum atomic E-state index is 13.3. The first kappa shape index (κ1) is 33.8. The van der Waals surface area contributed by atoms with E-state index in [1.165, 1.54) is 17.7 Å². The zero-order valence-electron chi connectivity index (χ0n) is 28.7. The molecule has 4 heterocycles. The van der Waals surface area contributed by atoms with Gasteiger partial charge < -0.3 is 33.1 Å². The van der Waals surface area contributed by atoms with Crippen LogP contribution in [0.25, 0.3) is 0 Å². The molecule has 0 radical (unpaired) electrons. The van der Waals surface area contributed by atoms with E-state index in [0.717, 1.165) is 16.7 Å². The number of nitrogens with one attached hydrogen (secondary N) is 1. The van der Waals surface area contributed by atoms with Crippen molar-refractivity contribution in [2.45, 2.75) is 50.3 Å². The van der Waals surface area contributed by atoms with Crippen LogP contribution in [0.2, 0.25) is 0 Å². The van der Waals surface area contributed by atoms with Gasteiger partial charge in [-0.05, 0) is 53.0 Å². The molecule has 3 aromatic carbocycles. The number of morpholine rings is 1. The van der Waals surface area contributed by atoms with Crippen LogP contribution in [-0.4, -0.2) is 70.8 Å². The lowest BCUT2D eigenvalue weighted by Crippen LogP contribution is -2.52. The summed E-state index contributed by atoms with van der Waals surface area (Å²) >= 11 is 0. The van der Waals surface area contributed by atoms with E-state index in [4.69, 9.17) is 28.2 Å². The van der Waals surface area contributed by atoms with Gasteiger partial charge in [0.1, 0.15) is 23.1 Å². The Balaban J connectivity index is 1.41. The molecular formula is C37H37N5O9. The maximum absolute atomic E-state index is 13.3. The fourth-order valence-electron chi connectivity index (χ4n) is 7.10. The Labute approximate surface area is 292 Å². The third-order valence-corrected chi connectivity index (χ3v) is 9.47. The number of esters is 1. The molecule has 0 amide bonds. The molecule has 2 aromatic heterocycles. The third-order valence-electron chi connectivity index (χ3n) is 9.47. The third kappa shape index (κ3) is 5.85. The van der Waals surface area contributed by atoms with Crippen LogP contribution in [0.15, 0.2) is 99.2 Å². The summed E-state index contributed by atoms with van der Waals surface area (Å²) in [6, 6.07) is 24.1. The van der Waals surface area contributed by atoms with Crippen LogP contribution in [0, 0.1) is 13.8 Å². The van der Waals surface area contributed by atoms with E-state index in [9.17, 15) is 14.4 Å². The van der Waals surface area contributed by atoms with Crippen LogP contribution in [0.4, 0.5) is 5.95 Å². The first-order valence-corrected chi connectivity index (χ1v) is 16.3. The summed E-state index contributed by atoms with van der Waals surface area (Å²) < 4.78 is 37.8. The van der Waals surface area contributed by atoms with Gasteiger partial charge in [0.25, 0.3) is 11.5 Å². The summed E-state index contributed by atoms with van der Waals surface area (Å²) in [5.74, 6) is 1.31. The number of rotatable bonds is 11. The fraction of sp³-hybridized carbons (Fsp3) is 0.324. The lowest BCUT2D eigenvalue weighted by Gasteiger charge is -2.41. The van der Waals surface area contributed by atoms with Crippen molar-refractivity contribution in [3.8, 4) is 11.5 Å². The number of carbonyl (C=O) groups excluding carboxylic acids is 1. The summed E-state index contributed by atoms with van der Waals surface area (Å²) in [7, 11) is 3.20. The molecule has 7 rings (SSSR count). The number of aromatic amines is 1. The molecule has 2 saturated heterocycles. The van der Waals surface area contributed by atoms with Crippen molar-refractivity contribution < 1.29 is 33.0 Å². The molecule has 14 nitrogen and oxygen atoms in total. The SMILES string of the molecule is COc1ccc(C(OC[C@@]23CN(c4noc(C)n4)[C@@H]([C@H](n4cc(C)c(=O)[nH]c4=O)O2)[C@@H]3OC(C)=O)(c2ccccc2)c2ccc(OC)cc2)cc1. The highest BCUT2D eigenvalue weighted by atomic mass is 16.6. The topological polar surface area (TPSA) is 160 Å². The molecule has 14 heteroatoms. The Hall–Kier alpha value is -5.73. The van der Waals surface area contributed by atoms with E-state index in [0.29, 0.717) is 23.0 Å². The number of hydrogen-bond acceptors (Lipinski definition) is 12. The average molecular weight is 696 g/mol. The van der Waals surface area contributed by atoms with Crippen molar-refractivity contribution in [3.05, 3.63) is 134 Å². The molecule has 2 aliphatic rings. The number of H-pyrrole nitrogens is 1. The quantitative estimate of drug-likeness (QED) is 0.158. The van der Waals surface area contributed by atoms with Crippen molar-refractivity contribution in [1.29, 1.82) is 0 Å². The maximum Gasteiger partial charge on any atom is 0.330 e. The van der Waals surface area contributed by atoms with Crippen LogP contribution in [0.1, 0.15) is 41.3 Å². The highest BCUT2D eigenvalue weighted by molar-refractivity contribution is 5.67. The van der Waals surface area contributed by atoms with Crippen molar-refractivity contribution in [3.63, 3.8) is 0 Å². The number of nitrogens with zero attached hydrogens (tertiary/aromatic N) is 4. The summed E-state index contributed by atoms with van der Waals surface area (Å²) in [4.78, 5) is 47.1. The van der Waals surface area contributed by atoms with Gasteiger partial charge in [-0.3, -0.25) is 19.1 Å². The predicted molar refractivity (Wildman–Crippen MR) is 183 cm³/mol. The Morgan fingerprint density at radius 1 is 0.941 bits per heavy atom. The minimum absolute atomic E-state index is 0.109. The van der Waals surface area contributed by atoms with E-state index >= 15 is 0 Å². The summed E-state index contributed by atoms with van der Waals surface area (Å²) in [6.07, 6.45) is -0.603. The molecule has 5 aromatic rings. The number of benzene rings is 3. The number of fused-ring (bicyclic) bond motifs is 2. The molecule has 2 aliphatic heterocycles. The van der Waals surface area contributed by atoms with Gasteiger partial charge in [0, 0.05) is 25.6 Å². The second-order valence-corrected chi connectivity index (χ2v) is 12.6. The van der Waals surface area contributed by atoms with Crippen molar-refractivity contribution in [2.75, 3.05) is 32.3 Å². The number of anilines is 1. The van der Waals surface area contributed by atoms with Gasteiger partial charge in [0.05, 0.1) is 27.4 Å². The number of carbonyl (C=O) groups is 1. The predicted octanol–water partition coefficient (Wildman–Crippen LogP) is 3.65. The highest BCUT2D eigenvalue weighted by Gasteiger charge is 2.68. The van der Waals surface area contributed by atoms with Gasteiger partial charge in [0.15, 0.2) is 17.9 Å². The minimum Gasteiger partial charge on any atom is -0.497 e. The van der Waals surface area contributed by atoms with Gasteiger partial charge in [-0.25, -0.2) is 4.79 Å². The van der Waals surface area contributed by atoms with Crippen LogP contribution >= 0.6 is 0 Å². The van der Waals surface area contributed by atoms with Crippen LogP contribution < -0.4 is 25.6 Å². The molecule has 2 fully saturated rings. The molecule has 2 bridgehead atoms. The molecule has 1 N–H and O–H groups in total. The van der Waals surface area contributed by atoms with E-state index in [1.54, 1.807) is 33.0 Å². The summed E-state index contributed by atoms with van der Waals surface area (Å²) in [5.41, 5.74) is -1.18. The molecular weight excluding hydrogens is 658 g/mol. The van der Waals surface area contributed by atoms with Crippen molar-refractivity contribution >= 4 is 11.9 Å². The molecule has 0 spiro atoms. The Kier molecular flexibility index (Phi) is 8.73. The Morgan fingerprint density at radius 3 is 2.10 bits per heavy atom. The first-order chi connectivity index (χ1) is 24.6. The van der Waals surface area contributed by atoms with E-state index in [1.807, 2.05) is 78.9 Å². The van der Waals surface area contributed by atoms with Crippen molar-refractivity contribution in [1.82, 2.24) is 19.7 Å². The lowest BCUT2D eigenvalue weighted by atomic mass is 9.79. The van der Waals surface area contributed by atoms with Gasteiger partial charge in [0.2, 0.25) is 5.89 Å². The van der Waals surface area contributed by atoms with Crippen LogP contribution in [0.3, 0.4) is 0 Å². The standard InChI is InChI=1S/C37H37N5O9/c1-22-19-41(35(45)39-32(22)44)33-30-31(49-24(3)43)36(50-33,20-42(30)34-38-23(2)51-40-34)21-48-37(25-9-7-6-8-10-25,26-11-15-28(46-4)16-12-26)27-13-17-29(47-5)18-14-27/h6-19,30-31,33H,20-21H2,1-5H3,(H,39,44,45)/t30-,31+,33-,36-/m1/s1. The van der Waals surface area contributed by atoms with E-state index in [2.05, 4.69) is 15.1 Å². The van der Waals surface area contributed by atoms with Gasteiger partial charge >= 0.3 is 11.7 Å². The molecule has 264 valence electrons. The molecule has 51 heavy (non-hydrogen) atoms. The fourth-order valence-corrected chi connectivity index (χ4v) is 7.10. The second-order valence-electron chi connectivity index (χ2n) is 12.6. The molecule has 0 saturated carbocycles. The number of hydrogen-bond donors (Lipinski definition) is 1. The summed E-state index contributed by atoms with van der Waals surface area (Å²) in [6.45, 7) is 4.52. The Bertz CT molecular complexity index is 2100. The normalized spacial score (nSPS) is 21.1. The largest absolute Gasteiger partial charge is 0.497 e. The first-order valence-electron chi connectivity index (χ1n) is 16.3. The van der Waals surface area contributed by atoms with E-state index in [-0.39, 0.29) is 19.1 Å². The van der Waals surface area contributed by atoms with Crippen molar-refractivity contribution in [2.24, 2.45) is 0 Å². The molecule has 4 atom stereocenters. The minimum atomic E-state index is -1.38. The Morgan fingerprint density at radius 2 is 1.55 bits per heavy atom.